The molecule has 0 bridgehead atoms. The van der Waals surface area contributed by atoms with E-state index in [1.807, 2.05) is 0 Å². The lowest BCUT2D eigenvalue weighted by Gasteiger charge is -2.24. The van der Waals surface area contributed by atoms with Gasteiger partial charge in [0.1, 0.15) is 0 Å². The number of hydrogen-bond acceptors (Lipinski definition) is 4. The Labute approximate surface area is 128 Å². The molecule has 8 heteroatoms. The number of fused-ring (bicyclic) bond motifs is 3. The SMILES string of the molecule is NC1=N[C@@H](c2ccc(F)c(F)c2F)n2c(nc3ccccc32)N1. The number of nitrogens with one attached hydrogen (secondary N) is 1. The van der Waals surface area contributed by atoms with Crippen LogP contribution in [0.25, 0.3) is 11.0 Å². The maximum Gasteiger partial charge on any atom is 0.212 e. The molecule has 116 valence electrons. The minimum atomic E-state index is -1.54. The number of para-hydroxylation sites is 2. The van der Waals surface area contributed by atoms with Gasteiger partial charge in [-0.25, -0.2) is 23.1 Å². The zero-order valence-corrected chi connectivity index (χ0v) is 11.6. The van der Waals surface area contributed by atoms with E-state index in [0.29, 0.717) is 17.0 Å². The van der Waals surface area contributed by atoms with E-state index in [9.17, 15) is 13.2 Å². The number of rotatable bonds is 1. The van der Waals surface area contributed by atoms with Gasteiger partial charge in [0.05, 0.1) is 11.0 Å². The van der Waals surface area contributed by atoms with Crippen LogP contribution in [0.15, 0.2) is 41.4 Å². The number of nitrogens with zero attached hydrogens (tertiary/aromatic N) is 3. The number of aliphatic imine (C=N–C) groups is 1. The number of nitrogens with two attached hydrogens (primary N) is 1. The second-order valence-corrected chi connectivity index (χ2v) is 5.07. The van der Waals surface area contributed by atoms with Crippen LogP contribution in [-0.2, 0) is 0 Å². The average molecular weight is 317 g/mol. The zero-order chi connectivity index (χ0) is 16.1. The molecule has 0 radical (unpaired) electrons. The normalized spacial score (nSPS) is 16.8. The molecule has 1 aliphatic heterocycles. The highest BCUT2D eigenvalue weighted by Gasteiger charge is 2.28. The van der Waals surface area contributed by atoms with Gasteiger partial charge in [-0.1, -0.05) is 12.1 Å². The second kappa shape index (κ2) is 4.73. The Kier molecular flexibility index (Phi) is 2.80. The molecule has 4 rings (SSSR count). The molecule has 0 aliphatic carbocycles. The molecule has 1 aromatic heterocycles. The fourth-order valence-corrected chi connectivity index (χ4v) is 2.67. The summed E-state index contributed by atoms with van der Waals surface area (Å²) in [6.45, 7) is 0. The van der Waals surface area contributed by atoms with Crippen molar-refractivity contribution >= 4 is 22.9 Å². The monoisotopic (exact) mass is 317 g/mol. The van der Waals surface area contributed by atoms with Crippen LogP contribution >= 0.6 is 0 Å². The molecule has 3 N–H and O–H groups in total. The lowest BCUT2D eigenvalue weighted by atomic mass is 10.1. The molecule has 0 saturated carbocycles. The summed E-state index contributed by atoms with van der Waals surface area (Å²) in [5.74, 6) is -3.72. The van der Waals surface area contributed by atoms with Crippen molar-refractivity contribution in [3.63, 3.8) is 0 Å². The Balaban J connectivity index is 1.99. The minimum absolute atomic E-state index is 0.0157. The van der Waals surface area contributed by atoms with Crippen molar-refractivity contribution in [2.75, 3.05) is 5.32 Å². The first-order chi connectivity index (χ1) is 11.1. The maximum absolute atomic E-state index is 14.2. The highest BCUT2D eigenvalue weighted by molar-refractivity contribution is 5.94. The summed E-state index contributed by atoms with van der Waals surface area (Å²) in [6, 6.07) is 9.15. The number of guanidine groups is 1. The maximum atomic E-state index is 14.2. The molecule has 5 nitrogen and oxygen atoms in total. The Bertz CT molecular complexity index is 963. The van der Waals surface area contributed by atoms with Gasteiger partial charge in [-0.15, -0.1) is 0 Å². The molecule has 23 heavy (non-hydrogen) atoms. The van der Waals surface area contributed by atoms with Crippen molar-refractivity contribution in [1.82, 2.24) is 9.55 Å². The van der Waals surface area contributed by atoms with E-state index in [4.69, 9.17) is 5.73 Å². The summed E-state index contributed by atoms with van der Waals surface area (Å²) in [5, 5.41) is 2.78. The third-order valence-corrected chi connectivity index (χ3v) is 3.68. The smallest absolute Gasteiger partial charge is 0.212 e. The first kappa shape index (κ1) is 13.6. The Morgan fingerprint density at radius 2 is 1.83 bits per heavy atom. The summed E-state index contributed by atoms with van der Waals surface area (Å²) in [5.41, 5.74) is 6.90. The molecular weight excluding hydrogens is 307 g/mol. The highest BCUT2D eigenvalue weighted by atomic mass is 19.2. The van der Waals surface area contributed by atoms with Crippen LogP contribution in [0.4, 0.5) is 19.1 Å². The van der Waals surface area contributed by atoms with Gasteiger partial charge in [0.25, 0.3) is 0 Å². The quantitative estimate of drug-likeness (QED) is 0.678. The van der Waals surface area contributed by atoms with Crippen molar-refractivity contribution in [1.29, 1.82) is 0 Å². The summed E-state index contributed by atoms with van der Waals surface area (Å²) in [6.07, 6.45) is -0.978. The average Bonchev–Trinajstić information content (AvgIpc) is 2.90. The number of halogens is 3. The molecule has 0 spiro atoms. The van der Waals surface area contributed by atoms with E-state index in [-0.39, 0.29) is 11.5 Å². The van der Waals surface area contributed by atoms with E-state index in [2.05, 4.69) is 15.3 Å². The zero-order valence-electron chi connectivity index (χ0n) is 11.6. The Hall–Kier alpha value is -3.03. The van der Waals surface area contributed by atoms with Gasteiger partial charge in [-0.2, -0.15) is 0 Å². The molecule has 0 amide bonds. The summed E-state index contributed by atoms with van der Waals surface area (Å²) in [7, 11) is 0. The van der Waals surface area contributed by atoms with Gasteiger partial charge in [-0.3, -0.25) is 9.88 Å². The van der Waals surface area contributed by atoms with Crippen molar-refractivity contribution < 1.29 is 13.2 Å². The van der Waals surface area contributed by atoms with Crippen molar-refractivity contribution in [3.8, 4) is 0 Å². The van der Waals surface area contributed by atoms with Crippen LogP contribution < -0.4 is 11.1 Å². The lowest BCUT2D eigenvalue weighted by Crippen LogP contribution is -2.32. The standard InChI is InChI=1S/C15H10F3N5/c16-8-6-5-7(11(17)12(8)18)13-21-14(19)22-15-20-9-3-1-2-4-10(9)23(13)15/h1-6,13H,(H3,19,20,21,22)/t13-/m1/s1. The molecule has 0 unspecified atom stereocenters. The number of hydrogen-bond donors (Lipinski definition) is 2. The van der Waals surface area contributed by atoms with Crippen LogP contribution in [0.5, 0.6) is 0 Å². The molecule has 0 saturated heterocycles. The largest absolute Gasteiger partial charge is 0.370 e. The summed E-state index contributed by atoms with van der Waals surface area (Å²) < 4.78 is 42.6. The van der Waals surface area contributed by atoms with Crippen LogP contribution in [-0.4, -0.2) is 15.5 Å². The molecule has 3 aromatic rings. The van der Waals surface area contributed by atoms with E-state index in [0.717, 1.165) is 12.1 Å². The number of anilines is 1. The van der Waals surface area contributed by atoms with Crippen LogP contribution in [0.1, 0.15) is 11.7 Å². The molecule has 2 heterocycles. The van der Waals surface area contributed by atoms with E-state index >= 15 is 0 Å². The predicted octanol–water partition coefficient (Wildman–Crippen LogP) is 2.74. The van der Waals surface area contributed by atoms with E-state index < -0.39 is 23.6 Å². The fraction of sp³-hybridized carbons (Fsp3) is 0.0667. The summed E-state index contributed by atoms with van der Waals surface area (Å²) in [4.78, 5) is 8.47. The Morgan fingerprint density at radius 1 is 1.04 bits per heavy atom. The van der Waals surface area contributed by atoms with E-state index in [1.54, 1.807) is 28.8 Å². The van der Waals surface area contributed by atoms with Gasteiger partial charge in [0, 0.05) is 5.56 Å². The number of aromatic nitrogens is 2. The van der Waals surface area contributed by atoms with Gasteiger partial charge >= 0.3 is 0 Å². The predicted molar refractivity (Wildman–Crippen MR) is 79.4 cm³/mol. The van der Waals surface area contributed by atoms with Crippen LogP contribution in [0.2, 0.25) is 0 Å². The molecule has 1 atom stereocenters. The lowest BCUT2D eigenvalue weighted by molar-refractivity contribution is 0.431. The second-order valence-electron chi connectivity index (χ2n) is 5.07. The first-order valence-corrected chi connectivity index (χ1v) is 6.77. The number of benzene rings is 2. The minimum Gasteiger partial charge on any atom is -0.370 e. The van der Waals surface area contributed by atoms with Gasteiger partial charge in [0.2, 0.25) is 5.95 Å². The number of imidazole rings is 1. The Morgan fingerprint density at radius 3 is 2.65 bits per heavy atom. The molecule has 2 aromatic carbocycles. The van der Waals surface area contributed by atoms with Gasteiger partial charge < -0.3 is 5.73 Å². The van der Waals surface area contributed by atoms with E-state index in [1.165, 1.54) is 0 Å². The molecule has 1 aliphatic rings. The third kappa shape index (κ3) is 1.95. The highest BCUT2D eigenvalue weighted by Crippen LogP contribution is 2.34. The van der Waals surface area contributed by atoms with Gasteiger partial charge in [0.15, 0.2) is 29.6 Å². The van der Waals surface area contributed by atoms with Crippen molar-refractivity contribution in [2.24, 2.45) is 10.7 Å². The third-order valence-electron chi connectivity index (χ3n) is 3.68. The molecular formula is C15H10F3N5. The molecule has 0 fully saturated rings. The van der Waals surface area contributed by atoms with Gasteiger partial charge in [-0.05, 0) is 24.3 Å². The van der Waals surface area contributed by atoms with Crippen LogP contribution in [0.3, 0.4) is 0 Å². The van der Waals surface area contributed by atoms with Crippen molar-refractivity contribution in [2.45, 2.75) is 6.17 Å². The topological polar surface area (TPSA) is 68.2 Å². The van der Waals surface area contributed by atoms with Crippen LogP contribution in [0, 0.1) is 17.5 Å². The fourth-order valence-electron chi connectivity index (χ4n) is 2.67. The summed E-state index contributed by atoms with van der Waals surface area (Å²) >= 11 is 0. The van der Waals surface area contributed by atoms with Crippen molar-refractivity contribution in [3.05, 3.63) is 59.4 Å². The first-order valence-electron chi connectivity index (χ1n) is 6.77.